The highest BCUT2D eigenvalue weighted by Gasteiger charge is 2.36. The van der Waals surface area contributed by atoms with E-state index in [0.29, 0.717) is 0 Å². The molecule has 3 aromatic carbocycles. The van der Waals surface area contributed by atoms with Crippen LogP contribution in [-0.2, 0) is 12.7 Å². The lowest BCUT2D eigenvalue weighted by atomic mass is 10.0. The second-order valence-electron chi connectivity index (χ2n) is 9.39. The number of alkyl halides is 3. The van der Waals surface area contributed by atoms with Gasteiger partial charge in [0.05, 0.1) is 35.2 Å². The first-order chi connectivity index (χ1) is 18.8. The first kappa shape index (κ1) is 24.5. The summed E-state index contributed by atoms with van der Waals surface area (Å²) in [5.74, 6) is 0.814. The van der Waals surface area contributed by atoms with Crippen LogP contribution in [0.25, 0.3) is 11.5 Å². The van der Waals surface area contributed by atoms with E-state index in [1.165, 1.54) is 12.1 Å². The molecular weight excluding hydrogens is 503 g/mol. The maximum atomic E-state index is 13.9. The molecule has 1 N–H and O–H groups in total. The molecule has 6 nitrogen and oxygen atoms in total. The number of amides is 2. The fraction of sp³-hybridized carbons (Fsp3) is 0.133. The average Bonchev–Trinajstić information content (AvgIpc) is 3.49. The Balaban J connectivity index is 1.49. The van der Waals surface area contributed by atoms with Crippen LogP contribution in [-0.4, -0.2) is 25.3 Å². The van der Waals surface area contributed by atoms with Crippen molar-refractivity contribution in [3.63, 3.8) is 0 Å². The minimum Gasteiger partial charge on any atom is -0.308 e. The van der Waals surface area contributed by atoms with Gasteiger partial charge in [-0.1, -0.05) is 54.6 Å². The third kappa shape index (κ3) is 4.46. The molecule has 0 fully saturated rings. The number of aromatic nitrogens is 3. The molecule has 0 unspecified atom stereocenters. The molecule has 2 amide bonds. The predicted octanol–water partition coefficient (Wildman–Crippen LogP) is 7.13. The Bertz CT molecular complexity index is 1640. The smallest absolute Gasteiger partial charge is 0.308 e. The van der Waals surface area contributed by atoms with Crippen molar-refractivity contribution in [2.24, 2.45) is 0 Å². The number of anilines is 1. The molecule has 0 saturated heterocycles. The van der Waals surface area contributed by atoms with Crippen LogP contribution in [0.5, 0.6) is 0 Å². The van der Waals surface area contributed by atoms with E-state index in [-0.39, 0.29) is 12.2 Å². The lowest BCUT2D eigenvalue weighted by Gasteiger charge is -2.31. The Hall–Kier alpha value is -4.79. The van der Waals surface area contributed by atoms with E-state index in [4.69, 9.17) is 5.10 Å². The van der Waals surface area contributed by atoms with Crippen molar-refractivity contribution in [2.75, 3.05) is 5.32 Å². The van der Waals surface area contributed by atoms with E-state index in [1.807, 2.05) is 95.2 Å². The molecule has 0 aliphatic carbocycles. The van der Waals surface area contributed by atoms with Gasteiger partial charge in [0.15, 0.2) is 0 Å². The fourth-order valence-corrected chi connectivity index (χ4v) is 5.10. The van der Waals surface area contributed by atoms with E-state index in [0.717, 1.165) is 46.2 Å². The Morgan fingerprint density at radius 2 is 1.64 bits per heavy atom. The number of hydrogen-bond acceptors (Lipinski definition) is 2. The summed E-state index contributed by atoms with van der Waals surface area (Å²) in [5, 5.41) is 7.52. The number of aryl methyl sites for hydroxylation is 1. The van der Waals surface area contributed by atoms with Crippen molar-refractivity contribution in [1.29, 1.82) is 0 Å². The molecule has 196 valence electrons. The number of carbonyl (C=O) groups excluding carboxylic acids is 1. The summed E-state index contributed by atoms with van der Waals surface area (Å²) >= 11 is 0. The second kappa shape index (κ2) is 9.50. The molecule has 1 aliphatic heterocycles. The summed E-state index contributed by atoms with van der Waals surface area (Å²) in [7, 11) is 0. The minimum absolute atomic E-state index is 0.0678. The Morgan fingerprint density at radius 1 is 0.923 bits per heavy atom. The molecule has 0 radical (unpaired) electrons. The van der Waals surface area contributed by atoms with E-state index in [9.17, 15) is 18.0 Å². The molecule has 5 aromatic rings. The number of nitrogens with one attached hydrogen (secondary N) is 1. The molecular formula is C30H24F3N5O. The van der Waals surface area contributed by atoms with E-state index >= 15 is 0 Å². The lowest BCUT2D eigenvalue weighted by molar-refractivity contribution is -0.137. The molecule has 0 spiro atoms. The molecule has 2 aromatic heterocycles. The second-order valence-corrected chi connectivity index (χ2v) is 9.39. The van der Waals surface area contributed by atoms with Gasteiger partial charge in [0, 0.05) is 17.4 Å². The number of para-hydroxylation sites is 1. The lowest BCUT2D eigenvalue weighted by Crippen LogP contribution is -2.38. The van der Waals surface area contributed by atoms with E-state index < -0.39 is 23.8 Å². The van der Waals surface area contributed by atoms with Gasteiger partial charge in [-0.25, -0.2) is 9.48 Å². The van der Waals surface area contributed by atoms with Gasteiger partial charge in [-0.3, -0.25) is 0 Å². The average molecular weight is 528 g/mol. The van der Waals surface area contributed by atoms with Crippen molar-refractivity contribution < 1.29 is 18.0 Å². The highest BCUT2D eigenvalue weighted by molar-refractivity contribution is 5.90. The van der Waals surface area contributed by atoms with Gasteiger partial charge in [-0.2, -0.15) is 18.3 Å². The van der Waals surface area contributed by atoms with Crippen molar-refractivity contribution in [2.45, 2.75) is 25.7 Å². The van der Waals surface area contributed by atoms with Gasteiger partial charge < -0.3 is 14.8 Å². The normalized spacial score (nSPS) is 14.9. The SMILES string of the molecule is Cc1nn(-c2ccccc2)c2c1CN(C(=O)Nc1cccc(C(F)(F)F)c1)[C@H](c1ccccc1)c1cccn1-2. The van der Waals surface area contributed by atoms with Crippen molar-refractivity contribution >= 4 is 11.7 Å². The summed E-state index contributed by atoms with van der Waals surface area (Å²) in [6.07, 6.45) is -2.58. The number of urea groups is 1. The highest BCUT2D eigenvalue weighted by atomic mass is 19.4. The van der Waals surface area contributed by atoms with Gasteiger partial charge in [0.1, 0.15) is 5.82 Å². The molecule has 39 heavy (non-hydrogen) atoms. The number of hydrogen-bond donors (Lipinski definition) is 1. The number of benzene rings is 3. The quantitative estimate of drug-likeness (QED) is 0.271. The summed E-state index contributed by atoms with van der Waals surface area (Å²) in [6.45, 7) is 2.09. The van der Waals surface area contributed by atoms with Crippen LogP contribution >= 0.6 is 0 Å². The number of nitrogens with zero attached hydrogens (tertiary/aromatic N) is 4. The Morgan fingerprint density at radius 3 is 2.36 bits per heavy atom. The van der Waals surface area contributed by atoms with Crippen molar-refractivity contribution in [3.8, 4) is 11.5 Å². The van der Waals surface area contributed by atoms with Crippen LogP contribution in [0.3, 0.4) is 0 Å². The Labute approximate surface area is 222 Å². The maximum absolute atomic E-state index is 13.9. The summed E-state index contributed by atoms with van der Waals surface area (Å²) in [4.78, 5) is 15.5. The van der Waals surface area contributed by atoms with Crippen LogP contribution < -0.4 is 5.32 Å². The van der Waals surface area contributed by atoms with Crippen LogP contribution in [0.2, 0.25) is 0 Å². The molecule has 3 heterocycles. The third-order valence-corrected chi connectivity index (χ3v) is 6.90. The monoisotopic (exact) mass is 527 g/mol. The first-order valence-corrected chi connectivity index (χ1v) is 12.4. The summed E-state index contributed by atoms with van der Waals surface area (Å²) < 4.78 is 43.9. The standard InChI is InChI=1S/C30H24F3N5O/c1-20-25-19-37(29(39)34-23-13-8-12-22(18-23)30(31,32)33)27(21-10-4-2-5-11-21)26-16-9-17-36(26)28(25)38(35-20)24-14-6-3-7-15-24/h2-18,27H,19H2,1H3,(H,34,39)/t27-/m1/s1. The molecule has 0 saturated carbocycles. The van der Waals surface area contributed by atoms with Crippen LogP contribution in [0, 0.1) is 6.92 Å². The van der Waals surface area contributed by atoms with Gasteiger partial charge in [-0.15, -0.1) is 0 Å². The van der Waals surface area contributed by atoms with Crippen LogP contribution in [0.4, 0.5) is 23.7 Å². The van der Waals surface area contributed by atoms with Gasteiger partial charge in [0.2, 0.25) is 0 Å². The fourth-order valence-electron chi connectivity index (χ4n) is 5.10. The number of carbonyl (C=O) groups is 1. The highest BCUT2D eigenvalue weighted by Crippen LogP contribution is 2.39. The third-order valence-electron chi connectivity index (χ3n) is 6.90. The molecule has 6 rings (SSSR count). The molecule has 1 atom stereocenters. The van der Waals surface area contributed by atoms with Crippen LogP contribution in [0.15, 0.2) is 103 Å². The number of fused-ring (bicyclic) bond motifs is 3. The van der Waals surface area contributed by atoms with Gasteiger partial charge >= 0.3 is 12.2 Å². The predicted molar refractivity (Wildman–Crippen MR) is 142 cm³/mol. The van der Waals surface area contributed by atoms with Gasteiger partial charge in [-0.05, 0) is 55.0 Å². The zero-order chi connectivity index (χ0) is 27.1. The molecule has 0 bridgehead atoms. The number of rotatable bonds is 3. The molecule has 1 aliphatic rings. The van der Waals surface area contributed by atoms with Crippen LogP contribution in [0.1, 0.15) is 34.1 Å². The zero-order valence-electron chi connectivity index (χ0n) is 20.9. The zero-order valence-corrected chi connectivity index (χ0v) is 20.9. The largest absolute Gasteiger partial charge is 0.416 e. The molecule has 9 heteroatoms. The summed E-state index contributed by atoms with van der Waals surface area (Å²) in [6, 6.07) is 26.8. The Kier molecular flexibility index (Phi) is 5.98. The van der Waals surface area contributed by atoms with Crippen molar-refractivity contribution in [1.82, 2.24) is 19.2 Å². The van der Waals surface area contributed by atoms with Gasteiger partial charge in [0.25, 0.3) is 0 Å². The topological polar surface area (TPSA) is 55.1 Å². The first-order valence-electron chi connectivity index (χ1n) is 12.4. The number of halogens is 3. The van der Waals surface area contributed by atoms with E-state index in [1.54, 1.807) is 4.90 Å². The van der Waals surface area contributed by atoms with Crippen molar-refractivity contribution in [3.05, 3.63) is 131 Å². The minimum atomic E-state index is -4.52. The van der Waals surface area contributed by atoms with E-state index in [2.05, 4.69) is 5.32 Å². The maximum Gasteiger partial charge on any atom is 0.416 e. The summed E-state index contributed by atoms with van der Waals surface area (Å²) in [5.41, 5.74) is 3.41.